The first-order valence-electron chi connectivity index (χ1n) is 5.04. The van der Waals surface area contributed by atoms with Crippen LogP contribution in [-0.4, -0.2) is 5.97 Å². The molecule has 14 heavy (non-hydrogen) atoms. The third-order valence-electron chi connectivity index (χ3n) is 3.12. The molecule has 0 aliphatic rings. The molecule has 0 aromatic heterocycles. The number of hydrogen-bond donors (Lipinski definition) is 1. The lowest BCUT2D eigenvalue weighted by Gasteiger charge is -2.35. The summed E-state index contributed by atoms with van der Waals surface area (Å²) in [6.07, 6.45) is 0.772. The van der Waals surface area contributed by atoms with Gasteiger partial charge in [-0.05, 0) is 31.6 Å². The van der Waals surface area contributed by atoms with Gasteiger partial charge in [0.2, 0.25) is 0 Å². The molecule has 0 amide bonds. The quantitative estimate of drug-likeness (QED) is 0.711. The van der Waals surface area contributed by atoms with Gasteiger partial charge in [0.1, 0.15) is 0 Å². The highest BCUT2D eigenvalue weighted by atomic mass is 16.7. The Labute approximate surface area is 87.0 Å². The SMILES string of the molecule is CC(C)C(C)(C)CC(C)(C)C(=O)ON. The van der Waals surface area contributed by atoms with E-state index < -0.39 is 5.41 Å². The zero-order valence-electron chi connectivity index (χ0n) is 10.2. The lowest BCUT2D eigenvalue weighted by molar-refractivity contribution is -0.156. The van der Waals surface area contributed by atoms with Crippen LogP contribution in [0.4, 0.5) is 0 Å². The number of nitrogens with two attached hydrogens (primary N) is 1. The van der Waals surface area contributed by atoms with Crippen LogP contribution in [0.15, 0.2) is 0 Å². The lowest BCUT2D eigenvalue weighted by atomic mass is 9.69. The summed E-state index contributed by atoms with van der Waals surface area (Å²) in [4.78, 5) is 15.7. The Morgan fingerprint density at radius 1 is 1.29 bits per heavy atom. The van der Waals surface area contributed by atoms with Gasteiger partial charge in [0.05, 0.1) is 5.41 Å². The van der Waals surface area contributed by atoms with Crippen LogP contribution in [-0.2, 0) is 9.63 Å². The van der Waals surface area contributed by atoms with Crippen molar-refractivity contribution in [3.8, 4) is 0 Å². The molecule has 0 aliphatic carbocycles. The number of carbonyl (C=O) groups is 1. The highest BCUT2D eigenvalue weighted by molar-refractivity contribution is 5.75. The van der Waals surface area contributed by atoms with Crippen molar-refractivity contribution in [2.75, 3.05) is 0 Å². The molecule has 0 radical (unpaired) electrons. The maximum Gasteiger partial charge on any atom is 0.329 e. The minimum Gasteiger partial charge on any atom is -0.373 e. The molecule has 0 unspecified atom stereocenters. The number of hydrogen-bond acceptors (Lipinski definition) is 3. The van der Waals surface area contributed by atoms with Crippen molar-refractivity contribution in [2.45, 2.75) is 48.0 Å². The van der Waals surface area contributed by atoms with E-state index in [1.54, 1.807) is 0 Å². The molecule has 0 atom stereocenters. The topological polar surface area (TPSA) is 52.3 Å². The summed E-state index contributed by atoms with van der Waals surface area (Å²) in [5.74, 6) is 5.08. The molecule has 0 aliphatic heterocycles. The molecule has 84 valence electrons. The van der Waals surface area contributed by atoms with Crippen LogP contribution < -0.4 is 5.90 Å². The maximum atomic E-state index is 11.4. The van der Waals surface area contributed by atoms with Crippen molar-refractivity contribution in [3.05, 3.63) is 0 Å². The highest BCUT2D eigenvalue weighted by Crippen LogP contribution is 2.39. The van der Waals surface area contributed by atoms with E-state index in [0.717, 1.165) is 6.42 Å². The summed E-state index contributed by atoms with van der Waals surface area (Å²) in [5, 5.41) is 0. The fourth-order valence-corrected chi connectivity index (χ4v) is 1.57. The maximum absolute atomic E-state index is 11.4. The predicted molar refractivity (Wildman–Crippen MR) is 57.3 cm³/mol. The second kappa shape index (κ2) is 4.30. The van der Waals surface area contributed by atoms with Crippen molar-refractivity contribution in [3.63, 3.8) is 0 Å². The van der Waals surface area contributed by atoms with Crippen LogP contribution in [0, 0.1) is 16.7 Å². The first-order valence-corrected chi connectivity index (χ1v) is 5.04. The Morgan fingerprint density at radius 3 is 2.00 bits per heavy atom. The van der Waals surface area contributed by atoms with E-state index in [4.69, 9.17) is 5.90 Å². The molecule has 0 heterocycles. The molecule has 0 rings (SSSR count). The van der Waals surface area contributed by atoms with Crippen molar-refractivity contribution < 1.29 is 9.63 Å². The molecule has 0 saturated carbocycles. The zero-order valence-corrected chi connectivity index (χ0v) is 10.2. The van der Waals surface area contributed by atoms with Gasteiger partial charge < -0.3 is 4.84 Å². The molecule has 0 spiro atoms. The van der Waals surface area contributed by atoms with Gasteiger partial charge in [-0.25, -0.2) is 4.79 Å². The van der Waals surface area contributed by atoms with Gasteiger partial charge in [-0.2, -0.15) is 5.90 Å². The summed E-state index contributed by atoms with van der Waals surface area (Å²) in [6, 6.07) is 0. The van der Waals surface area contributed by atoms with E-state index in [-0.39, 0.29) is 11.4 Å². The average Bonchev–Trinajstić information content (AvgIpc) is 2.00. The molecule has 0 saturated heterocycles. The molecular formula is C11H23NO2. The Morgan fingerprint density at radius 2 is 1.71 bits per heavy atom. The van der Waals surface area contributed by atoms with Gasteiger partial charge in [0, 0.05) is 0 Å². The molecule has 0 aromatic rings. The molecule has 0 bridgehead atoms. The van der Waals surface area contributed by atoms with Crippen LogP contribution >= 0.6 is 0 Å². The molecule has 0 fully saturated rings. The van der Waals surface area contributed by atoms with Gasteiger partial charge in [0.25, 0.3) is 0 Å². The lowest BCUT2D eigenvalue weighted by Crippen LogP contribution is -2.35. The normalized spacial score (nSPS) is 13.1. The molecule has 3 heteroatoms. The van der Waals surface area contributed by atoms with E-state index in [2.05, 4.69) is 32.5 Å². The molecule has 0 aromatic carbocycles. The number of carbonyl (C=O) groups excluding carboxylic acids is 1. The highest BCUT2D eigenvalue weighted by Gasteiger charge is 2.37. The van der Waals surface area contributed by atoms with Crippen molar-refractivity contribution >= 4 is 5.97 Å². The molecular weight excluding hydrogens is 178 g/mol. The second-order valence-electron chi connectivity index (χ2n) is 5.61. The first kappa shape index (κ1) is 13.4. The van der Waals surface area contributed by atoms with Crippen molar-refractivity contribution in [1.29, 1.82) is 0 Å². The van der Waals surface area contributed by atoms with E-state index in [9.17, 15) is 4.79 Å². The zero-order chi connectivity index (χ0) is 11.6. The Kier molecular flexibility index (Phi) is 4.13. The van der Waals surface area contributed by atoms with Crippen LogP contribution in [0.25, 0.3) is 0 Å². The van der Waals surface area contributed by atoms with E-state index in [1.165, 1.54) is 0 Å². The van der Waals surface area contributed by atoms with E-state index >= 15 is 0 Å². The average molecular weight is 201 g/mol. The summed E-state index contributed by atoms with van der Waals surface area (Å²) >= 11 is 0. The van der Waals surface area contributed by atoms with E-state index in [1.807, 2.05) is 13.8 Å². The smallest absolute Gasteiger partial charge is 0.329 e. The fourth-order valence-electron chi connectivity index (χ4n) is 1.57. The standard InChI is InChI=1S/C11H23NO2/c1-8(2)10(3,4)7-11(5,6)9(13)14-12/h8H,7,12H2,1-6H3. The van der Waals surface area contributed by atoms with Crippen LogP contribution in [0.3, 0.4) is 0 Å². The largest absolute Gasteiger partial charge is 0.373 e. The fraction of sp³-hybridized carbons (Fsp3) is 0.909. The molecule has 3 nitrogen and oxygen atoms in total. The van der Waals surface area contributed by atoms with Gasteiger partial charge in [-0.3, -0.25) is 0 Å². The summed E-state index contributed by atoms with van der Waals surface area (Å²) in [5.41, 5.74) is -0.403. The van der Waals surface area contributed by atoms with Gasteiger partial charge in [-0.15, -0.1) is 0 Å². The first-order chi connectivity index (χ1) is 6.13. The minimum absolute atomic E-state index is 0.109. The van der Waals surface area contributed by atoms with Gasteiger partial charge in [-0.1, -0.05) is 27.7 Å². The van der Waals surface area contributed by atoms with Crippen LogP contribution in [0.1, 0.15) is 48.0 Å². The van der Waals surface area contributed by atoms with Crippen molar-refractivity contribution in [2.24, 2.45) is 22.6 Å². The number of rotatable bonds is 4. The Hall–Kier alpha value is -0.570. The summed E-state index contributed by atoms with van der Waals surface area (Å²) in [6.45, 7) is 12.4. The third-order valence-corrected chi connectivity index (χ3v) is 3.12. The third kappa shape index (κ3) is 3.29. The van der Waals surface area contributed by atoms with Crippen LogP contribution in [0.5, 0.6) is 0 Å². The minimum atomic E-state index is -0.511. The Balaban J connectivity index is 4.58. The second-order valence-corrected chi connectivity index (χ2v) is 5.61. The van der Waals surface area contributed by atoms with Crippen molar-refractivity contribution in [1.82, 2.24) is 0 Å². The van der Waals surface area contributed by atoms with Gasteiger partial charge >= 0.3 is 5.97 Å². The summed E-state index contributed by atoms with van der Waals surface area (Å²) < 4.78 is 0. The predicted octanol–water partition coefficient (Wildman–Crippen LogP) is 2.50. The van der Waals surface area contributed by atoms with E-state index in [0.29, 0.717) is 5.92 Å². The van der Waals surface area contributed by atoms with Crippen LogP contribution in [0.2, 0.25) is 0 Å². The molecule has 2 N–H and O–H groups in total. The monoisotopic (exact) mass is 201 g/mol. The Bertz CT molecular complexity index is 207. The summed E-state index contributed by atoms with van der Waals surface area (Å²) in [7, 11) is 0. The van der Waals surface area contributed by atoms with Gasteiger partial charge in [0.15, 0.2) is 0 Å².